The minimum absolute atomic E-state index is 1.14. The molecular formula is C37H27NS. The fraction of sp³-hybridized carbons (Fsp3) is 0.0270. The predicted molar refractivity (Wildman–Crippen MR) is 170 cm³/mol. The van der Waals surface area contributed by atoms with E-state index >= 15 is 0 Å². The molecule has 0 aliphatic heterocycles. The number of hydrogen-bond acceptors (Lipinski definition) is 2. The second kappa shape index (κ2) is 9.90. The maximum atomic E-state index is 2.33. The van der Waals surface area contributed by atoms with Gasteiger partial charge in [-0.15, -0.1) is 11.3 Å². The average molecular weight is 518 g/mol. The van der Waals surface area contributed by atoms with Crippen LogP contribution in [-0.2, 0) is 0 Å². The highest BCUT2D eigenvalue weighted by molar-refractivity contribution is 7.26. The molecule has 39 heavy (non-hydrogen) atoms. The number of aryl methyl sites for hydroxylation is 1. The first kappa shape index (κ1) is 23.5. The quantitative estimate of drug-likeness (QED) is 0.219. The highest BCUT2D eigenvalue weighted by atomic mass is 32.1. The van der Waals surface area contributed by atoms with Crippen molar-refractivity contribution in [3.05, 3.63) is 151 Å². The van der Waals surface area contributed by atoms with E-state index in [1.807, 2.05) is 11.3 Å². The van der Waals surface area contributed by atoms with Gasteiger partial charge in [-0.1, -0.05) is 109 Å². The fourth-order valence-corrected chi connectivity index (χ4v) is 6.58. The second-order valence-corrected chi connectivity index (χ2v) is 11.0. The largest absolute Gasteiger partial charge is 0.311 e. The van der Waals surface area contributed by atoms with Crippen LogP contribution in [0.4, 0.5) is 17.1 Å². The van der Waals surface area contributed by atoms with Gasteiger partial charge in [0.2, 0.25) is 0 Å². The molecule has 0 saturated heterocycles. The number of benzene rings is 6. The molecule has 0 unspecified atom stereocenters. The minimum atomic E-state index is 1.14. The van der Waals surface area contributed by atoms with Gasteiger partial charge in [-0.3, -0.25) is 0 Å². The van der Waals surface area contributed by atoms with Crippen molar-refractivity contribution >= 4 is 48.6 Å². The first-order valence-electron chi connectivity index (χ1n) is 13.3. The molecule has 186 valence electrons. The van der Waals surface area contributed by atoms with Crippen molar-refractivity contribution in [1.82, 2.24) is 0 Å². The summed E-state index contributed by atoms with van der Waals surface area (Å²) < 4.78 is 2.68. The number of fused-ring (bicyclic) bond motifs is 3. The summed E-state index contributed by atoms with van der Waals surface area (Å²) in [6.45, 7) is 2.13. The first-order chi connectivity index (χ1) is 19.2. The van der Waals surface area contributed by atoms with Gasteiger partial charge in [0, 0.05) is 37.2 Å². The van der Waals surface area contributed by atoms with E-state index in [1.54, 1.807) is 0 Å². The van der Waals surface area contributed by atoms with Crippen molar-refractivity contribution in [2.24, 2.45) is 0 Å². The van der Waals surface area contributed by atoms with Crippen LogP contribution in [0.25, 0.3) is 42.4 Å². The third-order valence-electron chi connectivity index (χ3n) is 7.37. The zero-order valence-corrected chi connectivity index (χ0v) is 22.5. The molecule has 0 saturated carbocycles. The molecule has 6 aromatic carbocycles. The summed E-state index contributed by atoms with van der Waals surface area (Å²) in [5.74, 6) is 0. The van der Waals surface area contributed by atoms with Gasteiger partial charge in [-0.2, -0.15) is 0 Å². The molecule has 0 amide bonds. The maximum Gasteiger partial charge on any atom is 0.0462 e. The number of thiophene rings is 1. The van der Waals surface area contributed by atoms with Crippen LogP contribution in [-0.4, -0.2) is 0 Å². The molecule has 1 nitrogen and oxygen atoms in total. The lowest BCUT2D eigenvalue weighted by molar-refractivity contribution is 1.28. The number of nitrogens with zero attached hydrogens (tertiary/aromatic N) is 1. The van der Waals surface area contributed by atoms with Crippen LogP contribution in [0, 0.1) is 6.92 Å². The SMILES string of the molecule is Cc1ccc(N(c2ccc(-c3ccccc3)cc2)c2ccc(-c3cccc4c3sc3ccccc34)cc2)cc1. The standard InChI is InChI=1S/C37H27NS/c1-26-14-20-30(21-15-26)38(31-22-16-28(17-23-31)27-8-3-2-4-9-27)32-24-18-29(19-25-32)33-11-7-12-35-34-10-5-6-13-36(34)39-37(33)35/h2-25H,1H3. The molecule has 1 heterocycles. The van der Waals surface area contributed by atoms with E-state index < -0.39 is 0 Å². The molecule has 0 fully saturated rings. The monoisotopic (exact) mass is 517 g/mol. The van der Waals surface area contributed by atoms with Crippen molar-refractivity contribution in [3.8, 4) is 22.3 Å². The Hall–Kier alpha value is -4.66. The second-order valence-electron chi connectivity index (χ2n) is 9.91. The molecule has 0 radical (unpaired) electrons. The van der Waals surface area contributed by atoms with Gasteiger partial charge in [-0.25, -0.2) is 0 Å². The number of rotatable bonds is 5. The Morgan fingerprint density at radius 2 is 0.974 bits per heavy atom. The Balaban J connectivity index is 1.29. The normalized spacial score (nSPS) is 11.2. The van der Waals surface area contributed by atoms with Crippen LogP contribution in [0.2, 0.25) is 0 Å². The summed E-state index contributed by atoms with van der Waals surface area (Å²) in [5, 5.41) is 2.66. The minimum Gasteiger partial charge on any atom is -0.311 e. The molecule has 0 atom stereocenters. The van der Waals surface area contributed by atoms with E-state index in [0.717, 1.165) is 17.1 Å². The van der Waals surface area contributed by atoms with Crippen LogP contribution in [0.3, 0.4) is 0 Å². The van der Waals surface area contributed by atoms with Crippen molar-refractivity contribution in [2.75, 3.05) is 4.90 Å². The molecule has 7 rings (SSSR count). The average Bonchev–Trinajstić information content (AvgIpc) is 3.39. The summed E-state index contributed by atoms with van der Waals surface area (Å²) in [7, 11) is 0. The van der Waals surface area contributed by atoms with Crippen molar-refractivity contribution in [2.45, 2.75) is 6.92 Å². The molecular weight excluding hydrogens is 490 g/mol. The molecule has 2 heteroatoms. The Bertz CT molecular complexity index is 1880. The van der Waals surface area contributed by atoms with Crippen LogP contribution < -0.4 is 4.90 Å². The number of hydrogen-bond donors (Lipinski definition) is 0. The Kier molecular flexibility index (Phi) is 5.96. The van der Waals surface area contributed by atoms with E-state index in [1.165, 1.54) is 48.0 Å². The third kappa shape index (κ3) is 4.39. The molecule has 0 N–H and O–H groups in total. The van der Waals surface area contributed by atoms with Crippen molar-refractivity contribution in [3.63, 3.8) is 0 Å². The zero-order valence-electron chi connectivity index (χ0n) is 21.7. The van der Waals surface area contributed by atoms with Gasteiger partial charge in [0.15, 0.2) is 0 Å². The summed E-state index contributed by atoms with van der Waals surface area (Å²) in [5.41, 5.74) is 9.64. The Morgan fingerprint density at radius 3 is 1.67 bits per heavy atom. The van der Waals surface area contributed by atoms with Crippen LogP contribution in [0.1, 0.15) is 5.56 Å². The van der Waals surface area contributed by atoms with Crippen LogP contribution >= 0.6 is 11.3 Å². The van der Waals surface area contributed by atoms with Gasteiger partial charge in [0.1, 0.15) is 0 Å². The van der Waals surface area contributed by atoms with Gasteiger partial charge < -0.3 is 4.90 Å². The van der Waals surface area contributed by atoms with Gasteiger partial charge >= 0.3 is 0 Å². The fourth-order valence-electron chi connectivity index (χ4n) is 5.34. The summed E-state index contributed by atoms with van der Waals surface area (Å²) in [4.78, 5) is 2.33. The predicted octanol–water partition coefficient (Wildman–Crippen LogP) is 11.2. The lowest BCUT2D eigenvalue weighted by Gasteiger charge is -2.26. The van der Waals surface area contributed by atoms with E-state index in [2.05, 4.69) is 157 Å². The summed E-state index contributed by atoms with van der Waals surface area (Å²) in [6, 6.07) is 52.5. The molecule has 0 aliphatic rings. The topological polar surface area (TPSA) is 3.24 Å². The third-order valence-corrected chi connectivity index (χ3v) is 8.59. The Labute approximate surface area is 233 Å². The molecule has 7 aromatic rings. The van der Waals surface area contributed by atoms with E-state index in [0.29, 0.717) is 0 Å². The molecule has 0 bridgehead atoms. The summed E-state index contributed by atoms with van der Waals surface area (Å²) >= 11 is 1.88. The van der Waals surface area contributed by atoms with Gasteiger partial charge in [0.25, 0.3) is 0 Å². The Morgan fingerprint density at radius 1 is 0.436 bits per heavy atom. The molecule has 0 aliphatic carbocycles. The zero-order chi connectivity index (χ0) is 26.2. The van der Waals surface area contributed by atoms with Crippen molar-refractivity contribution < 1.29 is 0 Å². The van der Waals surface area contributed by atoms with Gasteiger partial charge in [0.05, 0.1) is 0 Å². The molecule has 1 aromatic heterocycles. The molecule has 0 spiro atoms. The smallest absolute Gasteiger partial charge is 0.0462 e. The number of anilines is 3. The highest BCUT2D eigenvalue weighted by Gasteiger charge is 2.14. The lowest BCUT2D eigenvalue weighted by atomic mass is 10.0. The summed E-state index contributed by atoms with van der Waals surface area (Å²) in [6.07, 6.45) is 0. The van der Waals surface area contributed by atoms with E-state index in [-0.39, 0.29) is 0 Å². The first-order valence-corrected chi connectivity index (χ1v) is 14.1. The van der Waals surface area contributed by atoms with Crippen LogP contribution in [0.15, 0.2) is 146 Å². The highest BCUT2D eigenvalue weighted by Crippen LogP contribution is 2.41. The van der Waals surface area contributed by atoms with Gasteiger partial charge in [-0.05, 0) is 71.6 Å². The van der Waals surface area contributed by atoms with E-state index in [9.17, 15) is 0 Å². The van der Waals surface area contributed by atoms with E-state index in [4.69, 9.17) is 0 Å². The van der Waals surface area contributed by atoms with Crippen molar-refractivity contribution in [1.29, 1.82) is 0 Å². The maximum absolute atomic E-state index is 2.33. The van der Waals surface area contributed by atoms with Crippen LogP contribution in [0.5, 0.6) is 0 Å². The lowest BCUT2D eigenvalue weighted by Crippen LogP contribution is -2.09.